The van der Waals surface area contributed by atoms with Crippen LogP contribution in [0.2, 0.25) is 0 Å². The fourth-order valence-corrected chi connectivity index (χ4v) is 9.69. The first kappa shape index (κ1) is 65.6. The van der Waals surface area contributed by atoms with Crippen molar-refractivity contribution in [3.8, 4) is 0 Å². The lowest BCUT2D eigenvalue weighted by Crippen LogP contribution is -2.45. The van der Waals surface area contributed by atoms with E-state index in [0.717, 1.165) is 38.5 Å². The van der Waals surface area contributed by atoms with Gasteiger partial charge < -0.3 is 15.5 Å². The molecule has 0 spiro atoms. The number of carbonyl (C=O) groups is 1. The molecule has 0 rings (SSSR count). The van der Waals surface area contributed by atoms with E-state index in [1.165, 1.54) is 283 Å². The minimum Gasteiger partial charge on any atom is -0.394 e. The summed E-state index contributed by atoms with van der Waals surface area (Å²) in [6.45, 7) is 4.34. The molecule has 0 aromatic heterocycles. The van der Waals surface area contributed by atoms with E-state index in [4.69, 9.17) is 0 Å². The number of nitrogens with one attached hydrogen (secondary N) is 1. The highest BCUT2D eigenvalue weighted by atomic mass is 16.3. The summed E-state index contributed by atoms with van der Waals surface area (Å²) in [5, 5.41) is 23.2. The Hall–Kier alpha value is -1.39. The predicted octanol–water partition coefficient (Wildman–Crippen LogP) is 20.4. The van der Waals surface area contributed by atoms with Crippen molar-refractivity contribution in [1.82, 2.24) is 5.32 Å². The molecule has 0 aromatic carbocycles. The third-order valence-corrected chi connectivity index (χ3v) is 14.4. The molecular formula is C63H121NO3. The molecule has 0 aliphatic heterocycles. The van der Waals surface area contributed by atoms with E-state index in [-0.39, 0.29) is 12.5 Å². The van der Waals surface area contributed by atoms with Gasteiger partial charge in [-0.2, -0.15) is 0 Å². The maximum absolute atomic E-state index is 12.5. The Labute approximate surface area is 421 Å². The molecule has 2 atom stereocenters. The minimum atomic E-state index is -0.869. The van der Waals surface area contributed by atoms with Crippen LogP contribution < -0.4 is 5.32 Å². The third kappa shape index (κ3) is 55.4. The highest BCUT2D eigenvalue weighted by molar-refractivity contribution is 5.76. The summed E-state index contributed by atoms with van der Waals surface area (Å²) in [5.74, 6) is -0.0708. The standard InChI is InChI=1S/C63H121NO3/c1-3-5-7-9-11-13-15-17-19-21-23-25-27-29-31-33-35-37-39-41-43-45-47-49-51-53-55-57-59-63(67)64-61(60-65)62(66)58-56-54-52-50-48-46-44-42-40-38-36-34-32-30-28-26-24-22-20-18-16-14-12-10-8-6-4-2/h40,42,48,50,56,58,61-62,65-66H,3-39,41,43-47,49,51-55,57,59-60H2,1-2H3,(H,64,67)/b42-40+,50-48+,58-56+. The predicted molar refractivity (Wildman–Crippen MR) is 299 cm³/mol. The van der Waals surface area contributed by atoms with Crippen LogP contribution in [0.25, 0.3) is 0 Å². The highest BCUT2D eigenvalue weighted by Crippen LogP contribution is 2.18. The average molecular weight is 941 g/mol. The molecule has 0 saturated carbocycles. The number of allylic oxidation sites excluding steroid dienone is 5. The van der Waals surface area contributed by atoms with Crippen LogP contribution in [0.1, 0.15) is 341 Å². The molecule has 0 bridgehead atoms. The zero-order chi connectivity index (χ0) is 48.5. The van der Waals surface area contributed by atoms with Crippen molar-refractivity contribution in [2.75, 3.05) is 6.61 Å². The monoisotopic (exact) mass is 940 g/mol. The lowest BCUT2D eigenvalue weighted by molar-refractivity contribution is -0.123. The van der Waals surface area contributed by atoms with Crippen molar-refractivity contribution >= 4 is 5.91 Å². The number of hydrogen-bond acceptors (Lipinski definition) is 3. The second-order valence-corrected chi connectivity index (χ2v) is 21.1. The first-order chi connectivity index (χ1) is 33.2. The van der Waals surface area contributed by atoms with Crippen LogP contribution in [0.4, 0.5) is 0 Å². The van der Waals surface area contributed by atoms with E-state index in [0.29, 0.717) is 6.42 Å². The number of rotatable bonds is 57. The molecule has 4 nitrogen and oxygen atoms in total. The van der Waals surface area contributed by atoms with E-state index in [9.17, 15) is 15.0 Å². The minimum absolute atomic E-state index is 0.0708. The lowest BCUT2D eigenvalue weighted by Gasteiger charge is -2.19. The van der Waals surface area contributed by atoms with Crippen molar-refractivity contribution in [2.45, 2.75) is 353 Å². The van der Waals surface area contributed by atoms with Crippen LogP contribution in [-0.4, -0.2) is 34.9 Å². The molecule has 0 saturated heterocycles. The van der Waals surface area contributed by atoms with Gasteiger partial charge in [-0.15, -0.1) is 0 Å². The second kappa shape index (κ2) is 58.9. The average Bonchev–Trinajstić information content (AvgIpc) is 3.33. The molecule has 396 valence electrons. The molecule has 1 amide bonds. The summed E-state index contributed by atoms with van der Waals surface area (Å²) >= 11 is 0. The van der Waals surface area contributed by atoms with Crippen molar-refractivity contribution in [3.63, 3.8) is 0 Å². The van der Waals surface area contributed by atoms with Crippen LogP contribution in [-0.2, 0) is 4.79 Å². The summed E-state index contributed by atoms with van der Waals surface area (Å²) in [5.41, 5.74) is 0. The van der Waals surface area contributed by atoms with Crippen molar-refractivity contribution in [2.24, 2.45) is 0 Å². The topological polar surface area (TPSA) is 69.6 Å². The number of unbranched alkanes of at least 4 members (excludes halogenated alkanes) is 46. The van der Waals surface area contributed by atoms with Gasteiger partial charge in [0.05, 0.1) is 18.8 Å². The summed E-state index contributed by atoms with van der Waals surface area (Å²) in [6, 6.07) is -0.645. The Kier molecular flexibility index (Phi) is 57.7. The number of aliphatic hydroxyl groups excluding tert-OH is 2. The molecule has 67 heavy (non-hydrogen) atoms. The van der Waals surface area contributed by atoms with E-state index >= 15 is 0 Å². The fraction of sp³-hybridized carbons (Fsp3) is 0.889. The summed E-state index contributed by atoms with van der Waals surface area (Å²) < 4.78 is 0. The fourth-order valence-electron chi connectivity index (χ4n) is 9.69. The zero-order valence-electron chi connectivity index (χ0n) is 45.7. The molecule has 0 heterocycles. The normalized spacial score (nSPS) is 13.0. The number of hydrogen-bond donors (Lipinski definition) is 3. The third-order valence-electron chi connectivity index (χ3n) is 14.4. The van der Waals surface area contributed by atoms with Crippen molar-refractivity contribution in [3.05, 3.63) is 36.5 Å². The van der Waals surface area contributed by atoms with Gasteiger partial charge in [0.2, 0.25) is 5.91 Å². The van der Waals surface area contributed by atoms with Gasteiger partial charge in [0.25, 0.3) is 0 Å². The molecule has 4 heteroatoms. The Morgan fingerprint density at radius 1 is 0.343 bits per heavy atom. The number of aliphatic hydroxyl groups is 2. The molecule has 0 radical (unpaired) electrons. The Bertz CT molecular complexity index is 1020. The smallest absolute Gasteiger partial charge is 0.220 e. The summed E-state index contributed by atoms with van der Waals surface area (Å²) in [4.78, 5) is 12.5. The number of amides is 1. The molecule has 3 N–H and O–H groups in total. The largest absolute Gasteiger partial charge is 0.394 e. The quantitative estimate of drug-likeness (QED) is 0.0420. The van der Waals surface area contributed by atoms with Crippen molar-refractivity contribution < 1.29 is 15.0 Å². The van der Waals surface area contributed by atoms with Crippen molar-refractivity contribution in [1.29, 1.82) is 0 Å². The maximum Gasteiger partial charge on any atom is 0.220 e. The van der Waals surface area contributed by atoms with E-state index < -0.39 is 12.1 Å². The van der Waals surface area contributed by atoms with E-state index in [1.807, 2.05) is 6.08 Å². The van der Waals surface area contributed by atoms with Gasteiger partial charge in [0.15, 0.2) is 0 Å². The molecule has 0 aliphatic rings. The van der Waals surface area contributed by atoms with E-state index in [2.05, 4.69) is 43.5 Å². The Balaban J connectivity index is 3.50. The SMILES string of the molecule is CCCCCCCCCCCCCCCCCCC/C=C/CC/C=C/CC/C=C/C(O)C(CO)NC(=O)CCCCCCCCCCCCCCCCCCCCCCCCCCCCCC. The van der Waals surface area contributed by atoms with Gasteiger partial charge in [-0.05, 0) is 44.9 Å². The molecule has 0 fully saturated rings. The summed E-state index contributed by atoms with van der Waals surface area (Å²) in [6.07, 6.45) is 80.5. The maximum atomic E-state index is 12.5. The van der Waals surface area contributed by atoms with Crippen LogP contribution >= 0.6 is 0 Å². The molecular weight excluding hydrogens is 819 g/mol. The molecule has 0 aromatic rings. The summed E-state index contributed by atoms with van der Waals surface area (Å²) in [7, 11) is 0. The van der Waals surface area contributed by atoms with Crippen LogP contribution in [0.3, 0.4) is 0 Å². The number of carbonyl (C=O) groups excluding carboxylic acids is 1. The first-order valence-corrected chi connectivity index (χ1v) is 30.7. The van der Waals surface area contributed by atoms with E-state index in [1.54, 1.807) is 6.08 Å². The Morgan fingerprint density at radius 2 is 0.582 bits per heavy atom. The van der Waals surface area contributed by atoms with Gasteiger partial charge in [0, 0.05) is 6.42 Å². The van der Waals surface area contributed by atoms with Gasteiger partial charge in [-0.1, -0.05) is 326 Å². The first-order valence-electron chi connectivity index (χ1n) is 30.7. The van der Waals surface area contributed by atoms with Crippen LogP contribution in [0, 0.1) is 0 Å². The van der Waals surface area contributed by atoms with Crippen LogP contribution in [0.5, 0.6) is 0 Å². The zero-order valence-corrected chi connectivity index (χ0v) is 45.7. The van der Waals surface area contributed by atoms with Gasteiger partial charge in [0.1, 0.15) is 0 Å². The van der Waals surface area contributed by atoms with Gasteiger partial charge in [-0.3, -0.25) is 4.79 Å². The second-order valence-electron chi connectivity index (χ2n) is 21.1. The highest BCUT2D eigenvalue weighted by Gasteiger charge is 2.18. The molecule has 0 aliphatic carbocycles. The van der Waals surface area contributed by atoms with Gasteiger partial charge in [-0.25, -0.2) is 0 Å². The van der Waals surface area contributed by atoms with Crippen LogP contribution in [0.15, 0.2) is 36.5 Å². The molecule has 2 unspecified atom stereocenters. The Morgan fingerprint density at radius 3 is 0.866 bits per heavy atom. The van der Waals surface area contributed by atoms with Gasteiger partial charge >= 0.3 is 0 Å². The lowest BCUT2D eigenvalue weighted by atomic mass is 10.0.